The van der Waals surface area contributed by atoms with E-state index in [1.54, 1.807) is 0 Å². The normalized spacial score (nSPS) is 16.1. The van der Waals surface area contributed by atoms with Crippen molar-refractivity contribution in [2.75, 3.05) is 0 Å². The molecule has 2 aromatic rings. The molecule has 2 rings (SSSR count). The molecule has 2 aromatic carbocycles. The second-order valence-corrected chi connectivity index (χ2v) is 29.5. The van der Waals surface area contributed by atoms with Gasteiger partial charge >= 0.3 is 8.56 Å². The molecule has 5 nitrogen and oxygen atoms in total. The van der Waals surface area contributed by atoms with Crippen molar-refractivity contribution in [3.8, 4) is 0 Å². The zero-order chi connectivity index (χ0) is 33.7. The zero-order valence-corrected chi connectivity index (χ0v) is 34.2. The summed E-state index contributed by atoms with van der Waals surface area (Å²) in [4.78, 5) is 22.9. The fraction of sp³-hybridized carbons (Fsp3) is 0.657. The quantitative estimate of drug-likeness (QED) is 0.157. The molecule has 0 saturated heterocycles. The maximum Gasteiger partial charge on any atom is 0.329 e. The second kappa shape index (κ2) is 14.9. The Balaban J connectivity index is 3.06. The van der Waals surface area contributed by atoms with Gasteiger partial charge < -0.3 is 22.9 Å². The summed E-state index contributed by atoms with van der Waals surface area (Å²) in [6.45, 7) is 27.8. The van der Waals surface area contributed by atoms with Crippen molar-refractivity contribution >= 4 is 43.9 Å². The molecule has 0 aliphatic heterocycles. The van der Waals surface area contributed by atoms with Crippen LogP contribution in [0.5, 0.6) is 0 Å². The molecule has 2 N–H and O–H groups in total. The Morgan fingerprint density at radius 2 is 1.07 bits per heavy atom. The Kier molecular flexibility index (Phi) is 13.3. The van der Waals surface area contributed by atoms with E-state index in [1.165, 1.54) is 10.4 Å². The highest BCUT2D eigenvalue weighted by Gasteiger charge is 2.64. The lowest BCUT2D eigenvalue weighted by Crippen LogP contribution is -2.76. The number of benzene rings is 2. The van der Waals surface area contributed by atoms with Crippen molar-refractivity contribution in [3.63, 3.8) is 0 Å². The predicted octanol–water partition coefficient (Wildman–Crippen LogP) is 8.04. The van der Waals surface area contributed by atoms with Crippen LogP contribution in [0, 0.1) is 0 Å². The molecule has 0 fully saturated rings. The SMILES string of the molecule is CCC(O[Si](C)(C)C(CC)(CC)O[Si](C)(C)O)C(CC)(CC)[Si](OC(C)(CC)[Si](C)(C)O)(c1ccccc1)c1ccccc1. The van der Waals surface area contributed by atoms with Gasteiger partial charge in [0.15, 0.2) is 0 Å². The van der Waals surface area contributed by atoms with Crippen LogP contribution in [0.25, 0.3) is 0 Å². The molecule has 2 atom stereocenters. The Morgan fingerprint density at radius 3 is 1.36 bits per heavy atom. The minimum Gasteiger partial charge on any atom is -0.429 e. The fourth-order valence-electron chi connectivity index (χ4n) is 7.60. The van der Waals surface area contributed by atoms with Gasteiger partial charge in [0.05, 0.1) is 16.6 Å². The molecule has 9 heteroatoms. The van der Waals surface area contributed by atoms with Crippen molar-refractivity contribution in [1.82, 2.24) is 0 Å². The summed E-state index contributed by atoms with van der Waals surface area (Å²) >= 11 is 0. The average Bonchev–Trinajstić information content (AvgIpc) is 2.98. The lowest BCUT2D eigenvalue weighted by Gasteiger charge is -2.58. The highest BCUT2D eigenvalue weighted by Crippen LogP contribution is 2.54. The first-order valence-corrected chi connectivity index (χ1v) is 27.6. The Morgan fingerprint density at radius 1 is 0.636 bits per heavy atom. The monoisotopic (exact) mass is 676 g/mol. The van der Waals surface area contributed by atoms with E-state index in [2.05, 4.69) is 122 Å². The van der Waals surface area contributed by atoms with Crippen LogP contribution in [0.2, 0.25) is 44.3 Å². The van der Waals surface area contributed by atoms with Crippen LogP contribution < -0.4 is 10.4 Å². The van der Waals surface area contributed by atoms with E-state index in [-0.39, 0.29) is 11.1 Å². The molecule has 0 aliphatic carbocycles. The van der Waals surface area contributed by atoms with Crippen molar-refractivity contribution < 1.29 is 22.9 Å². The fourth-order valence-corrected chi connectivity index (χ4v) is 21.8. The van der Waals surface area contributed by atoms with Crippen LogP contribution in [0.15, 0.2) is 60.7 Å². The molecule has 2 unspecified atom stereocenters. The van der Waals surface area contributed by atoms with Crippen LogP contribution in [-0.2, 0) is 13.3 Å². The maximum atomic E-state index is 11.8. The van der Waals surface area contributed by atoms with Crippen LogP contribution in [0.4, 0.5) is 0 Å². The molecule has 0 bridgehead atoms. The van der Waals surface area contributed by atoms with Crippen molar-refractivity contribution in [1.29, 1.82) is 0 Å². The van der Waals surface area contributed by atoms with Crippen LogP contribution in [-0.4, -0.2) is 59.7 Å². The van der Waals surface area contributed by atoms with Gasteiger partial charge in [-0.1, -0.05) is 102 Å². The summed E-state index contributed by atoms with van der Waals surface area (Å²) in [6.07, 6.45) is 4.72. The summed E-state index contributed by atoms with van der Waals surface area (Å²) in [5.41, 5.74) is 0. The maximum absolute atomic E-state index is 11.8. The van der Waals surface area contributed by atoms with Crippen molar-refractivity contribution in [3.05, 3.63) is 60.7 Å². The third-order valence-electron chi connectivity index (χ3n) is 10.8. The molecular formula is C35H64O5Si4. The second-order valence-electron chi connectivity index (χ2n) is 14.3. The predicted molar refractivity (Wildman–Crippen MR) is 197 cm³/mol. The summed E-state index contributed by atoms with van der Waals surface area (Å²) < 4.78 is 22.2. The molecule has 0 spiro atoms. The molecular weight excluding hydrogens is 613 g/mol. The third kappa shape index (κ3) is 7.47. The Bertz CT molecular complexity index is 1100. The van der Waals surface area contributed by atoms with E-state index in [0.29, 0.717) is 0 Å². The molecule has 0 radical (unpaired) electrons. The van der Waals surface area contributed by atoms with Gasteiger partial charge in [0.25, 0.3) is 8.32 Å². The highest BCUT2D eigenvalue weighted by atomic mass is 28.4. The summed E-state index contributed by atoms with van der Waals surface area (Å²) in [7, 11) is -11.5. The van der Waals surface area contributed by atoms with Crippen molar-refractivity contribution in [2.24, 2.45) is 0 Å². The third-order valence-corrected chi connectivity index (χ3v) is 24.5. The average molecular weight is 677 g/mol. The van der Waals surface area contributed by atoms with E-state index < -0.39 is 44.0 Å². The molecule has 0 heterocycles. The van der Waals surface area contributed by atoms with Gasteiger partial charge in [0.2, 0.25) is 16.6 Å². The van der Waals surface area contributed by atoms with E-state index in [4.69, 9.17) is 13.3 Å². The van der Waals surface area contributed by atoms with E-state index in [0.717, 1.165) is 38.5 Å². The minimum absolute atomic E-state index is 0.125. The first-order valence-electron chi connectivity index (χ1n) is 17.0. The number of hydrogen-bond donors (Lipinski definition) is 2. The number of hydrogen-bond acceptors (Lipinski definition) is 5. The standard InChI is InChI=1S/C35H64O5Si4/c1-14-32(38-42(10,11)35(18-5,19-6)40-43(12,13)37)34(16-3,17-4)44(30-26-22-20-23-27-30,31-28-24-21-25-29-31)39-33(7,15-2)41(8,9)36/h20-29,32,36-37H,14-19H2,1-13H3. The molecule has 0 aromatic heterocycles. The minimum atomic E-state index is -3.21. The summed E-state index contributed by atoms with van der Waals surface area (Å²) in [5.74, 6) is 0. The van der Waals surface area contributed by atoms with Crippen LogP contribution in [0.3, 0.4) is 0 Å². The number of rotatable bonds is 18. The molecule has 250 valence electrons. The smallest absolute Gasteiger partial charge is 0.329 e. The largest absolute Gasteiger partial charge is 0.429 e. The van der Waals surface area contributed by atoms with Gasteiger partial charge in [-0.25, -0.2) is 0 Å². The van der Waals surface area contributed by atoms with Gasteiger partial charge in [-0.3, -0.25) is 0 Å². The molecule has 0 saturated carbocycles. The van der Waals surface area contributed by atoms with Crippen molar-refractivity contribution in [2.45, 2.75) is 148 Å². The van der Waals surface area contributed by atoms with Gasteiger partial charge in [-0.05, 0) is 95.1 Å². The Hall–Kier alpha value is -0.892. The first-order chi connectivity index (χ1) is 20.3. The van der Waals surface area contributed by atoms with Gasteiger partial charge in [-0.15, -0.1) is 0 Å². The summed E-state index contributed by atoms with van der Waals surface area (Å²) in [6, 6.07) is 21.7. The van der Waals surface area contributed by atoms with Crippen LogP contribution in [0.1, 0.15) is 87.0 Å². The van der Waals surface area contributed by atoms with Gasteiger partial charge in [0.1, 0.15) is 0 Å². The van der Waals surface area contributed by atoms with Gasteiger partial charge in [-0.2, -0.15) is 0 Å². The van der Waals surface area contributed by atoms with Gasteiger partial charge in [0, 0.05) is 5.04 Å². The topological polar surface area (TPSA) is 68.2 Å². The van der Waals surface area contributed by atoms with E-state index >= 15 is 0 Å². The highest BCUT2D eigenvalue weighted by molar-refractivity contribution is 7.00. The van der Waals surface area contributed by atoms with Crippen LogP contribution >= 0.6 is 0 Å². The lowest BCUT2D eigenvalue weighted by atomic mass is 9.93. The lowest BCUT2D eigenvalue weighted by molar-refractivity contribution is 0.0343. The molecule has 0 amide bonds. The first kappa shape index (κ1) is 39.3. The zero-order valence-electron chi connectivity index (χ0n) is 30.2. The molecule has 44 heavy (non-hydrogen) atoms. The summed E-state index contributed by atoms with van der Waals surface area (Å²) in [5, 5.41) is 0.862. The van der Waals surface area contributed by atoms with E-state index in [1.807, 2.05) is 26.2 Å². The van der Waals surface area contributed by atoms with E-state index in [9.17, 15) is 9.59 Å². The molecule has 0 aliphatic rings. The Labute approximate surface area is 274 Å².